The minimum absolute atomic E-state index is 0.0977. The fourth-order valence-electron chi connectivity index (χ4n) is 1.41. The Morgan fingerprint density at radius 1 is 1.18 bits per heavy atom. The van der Waals surface area contributed by atoms with Crippen molar-refractivity contribution in [1.29, 1.82) is 0 Å². The van der Waals surface area contributed by atoms with Gasteiger partial charge in [0.2, 0.25) is 0 Å². The minimum Gasteiger partial charge on any atom is -0.508 e. The molecule has 0 aliphatic carbocycles. The highest BCUT2D eigenvalue weighted by Crippen LogP contribution is 2.19. The van der Waals surface area contributed by atoms with Crippen LogP contribution < -0.4 is 4.74 Å². The molecule has 0 aliphatic rings. The van der Waals surface area contributed by atoms with Crippen molar-refractivity contribution >= 4 is 0 Å². The van der Waals surface area contributed by atoms with Crippen LogP contribution >= 0.6 is 0 Å². The van der Waals surface area contributed by atoms with Gasteiger partial charge >= 0.3 is 0 Å². The number of aliphatic hydroxyl groups excluding tert-OH is 1. The lowest BCUT2D eigenvalue weighted by Crippen LogP contribution is -2.10. The van der Waals surface area contributed by atoms with Crippen LogP contribution in [-0.4, -0.2) is 21.8 Å². The van der Waals surface area contributed by atoms with Crippen LogP contribution in [0.2, 0.25) is 0 Å². The molecule has 0 saturated carbocycles. The number of phenols is 1. The third-order valence-corrected chi connectivity index (χ3v) is 2.25. The molecule has 0 amide bonds. The summed E-state index contributed by atoms with van der Waals surface area (Å²) in [6.07, 6.45) is 0.839. The number of aromatic nitrogens is 1. The predicted molar refractivity (Wildman–Crippen MR) is 62.8 cm³/mol. The van der Waals surface area contributed by atoms with E-state index in [0.717, 1.165) is 0 Å². The number of aromatic hydroxyl groups is 1. The molecule has 1 unspecified atom stereocenters. The summed E-state index contributed by atoms with van der Waals surface area (Å²) in [4.78, 5) is 4.03. The lowest BCUT2D eigenvalue weighted by atomic mass is 10.2. The van der Waals surface area contributed by atoms with Crippen LogP contribution in [0.3, 0.4) is 0 Å². The van der Waals surface area contributed by atoms with Gasteiger partial charge in [-0.3, -0.25) is 4.98 Å². The molecule has 2 N–H and O–H groups in total. The number of hydrogen-bond donors (Lipinski definition) is 2. The Balaban J connectivity index is 1.95. The number of ether oxygens (including phenoxy) is 1. The molecule has 0 bridgehead atoms. The molecule has 1 atom stereocenters. The number of nitrogens with zero attached hydrogens (tertiary/aromatic N) is 1. The number of phenolic OH excluding ortho intramolecular Hbond substituents is 1. The third kappa shape index (κ3) is 3.19. The van der Waals surface area contributed by atoms with Crippen molar-refractivity contribution in [2.75, 3.05) is 6.61 Å². The maximum absolute atomic E-state index is 9.80. The van der Waals surface area contributed by atoms with Crippen molar-refractivity contribution in [3.05, 3.63) is 54.4 Å². The zero-order valence-corrected chi connectivity index (χ0v) is 9.15. The van der Waals surface area contributed by atoms with Crippen LogP contribution in [0, 0.1) is 0 Å². The molecule has 4 heteroatoms. The van der Waals surface area contributed by atoms with Crippen molar-refractivity contribution in [3.8, 4) is 11.5 Å². The Labute approximate surface area is 99.1 Å². The second kappa shape index (κ2) is 5.32. The molecule has 1 aromatic carbocycles. The fourth-order valence-corrected chi connectivity index (χ4v) is 1.41. The van der Waals surface area contributed by atoms with Crippen molar-refractivity contribution < 1.29 is 14.9 Å². The van der Waals surface area contributed by atoms with E-state index in [4.69, 9.17) is 4.74 Å². The van der Waals surface area contributed by atoms with Gasteiger partial charge in [-0.05, 0) is 24.3 Å². The number of rotatable bonds is 4. The van der Waals surface area contributed by atoms with Crippen LogP contribution in [0.4, 0.5) is 0 Å². The molecule has 2 rings (SSSR count). The van der Waals surface area contributed by atoms with Gasteiger partial charge in [-0.1, -0.05) is 12.1 Å². The second-order valence-electron chi connectivity index (χ2n) is 3.58. The van der Waals surface area contributed by atoms with Gasteiger partial charge in [-0.2, -0.15) is 0 Å². The number of aliphatic hydroxyl groups is 1. The van der Waals surface area contributed by atoms with Crippen LogP contribution in [0.5, 0.6) is 11.5 Å². The Hall–Kier alpha value is -2.07. The summed E-state index contributed by atoms with van der Waals surface area (Å²) in [5, 5.41) is 19.0. The van der Waals surface area contributed by atoms with Crippen LogP contribution in [-0.2, 0) is 0 Å². The maximum Gasteiger partial charge on any atom is 0.130 e. The van der Waals surface area contributed by atoms with Gasteiger partial charge in [-0.15, -0.1) is 0 Å². The van der Waals surface area contributed by atoms with Crippen LogP contribution in [0.1, 0.15) is 11.8 Å². The third-order valence-electron chi connectivity index (χ3n) is 2.25. The summed E-state index contributed by atoms with van der Waals surface area (Å²) in [6.45, 7) is 0.0977. The average Bonchev–Trinajstić information content (AvgIpc) is 2.37. The van der Waals surface area contributed by atoms with E-state index in [0.29, 0.717) is 11.4 Å². The summed E-state index contributed by atoms with van der Waals surface area (Å²) in [7, 11) is 0. The van der Waals surface area contributed by atoms with Crippen molar-refractivity contribution in [2.24, 2.45) is 0 Å². The quantitative estimate of drug-likeness (QED) is 0.843. The topological polar surface area (TPSA) is 62.6 Å². The number of benzene rings is 1. The Bertz CT molecular complexity index is 473. The normalized spacial score (nSPS) is 12.1. The van der Waals surface area contributed by atoms with E-state index in [9.17, 15) is 10.2 Å². The fraction of sp³-hybridized carbons (Fsp3) is 0.154. The minimum atomic E-state index is -0.779. The number of hydrogen-bond acceptors (Lipinski definition) is 4. The first-order valence-corrected chi connectivity index (χ1v) is 5.26. The zero-order valence-electron chi connectivity index (χ0n) is 9.15. The first kappa shape index (κ1) is 11.4. The van der Waals surface area contributed by atoms with Crippen LogP contribution in [0.15, 0.2) is 48.7 Å². The van der Waals surface area contributed by atoms with Gasteiger partial charge in [0.1, 0.15) is 24.2 Å². The monoisotopic (exact) mass is 231 g/mol. The summed E-state index contributed by atoms with van der Waals surface area (Å²) in [6, 6.07) is 11.8. The first-order valence-electron chi connectivity index (χ1n) is 5.26. The van der Waals surface area contributed by atoms with Gasteiger partial charge in [0.05, 0.1) is 5.69 Å². The van der Waals surface area contributed by atoms with E-state index < -0.39 is 6.10 Å². The van der Waals surface area contributed by atoms with Crippen molar-refractivity contribution in [1.82, 2.24) is 4.98 Å². The highest BCUT2D eigenvalue weighted by atomic mass is 16.5. The molecule has 0 spiro atoms. The maximum atomic E-state index is 9.80. The summed E-state index contributed by atoms with van der Waals surface area (Å²) >= 11 is 0. The highest BCUT2D eigenvalue weighted by Gasteiger charge is 2.09. The molecule has 88 valence electrons. The molecular weight excluding hydrogens is 218 g/mol. The molecule has 0 fully saturated rings. The molecule has 4 nitrogen and oxygen atoms in total. The van der Waals surface area contributed by atoms with E-state index in [2.05, 4.69) is 4.98 Å². The first-order chi connectivity index (χ1) is 8.25. The molecule has 2 aromatic rings. The highest BCUT2D eigenvalue weighted by molar-refractivity contribution is 5.31. The van der Waals surface area contributed by atoms with E-state index in [1.165, 1.54) is 6.07 Å². The molecule has 1 heterocycles. The van der Waals surface area contributed by atoms with E-state index in [1.807, 2.05) is 0 Å². The molecule has 0 radical (unpaired) electrons. The van der Waals surface area contributed by atoms with Gasteiger partial charge in [0, 0.05) is 12.3 Å². The average molecular weight is 231 g/mol. The summed E-state index contributed by atoms with van der Waals surface area (Å²) in [5.41, 5.74) is 0.563. The molecule has 0 saturated heterocycles. The van der Waals surface area contributed by atoms with Gasteiger partial charge in [0.15, 0.2) is 0 Å². The van der Waals surface area contributed by atoms with E-state index >= 15 is 0 Å². The van der Waals surface area contributed by atoms with Crippen molar-refractivity contribution in [3.63, 3.8) is 0 Å². The van der Waals surface area contributed by atoms with E-state index in [1.54, 1.807) is 42.6 Å². The standard InChI is InChI=1S/C13H13NO3/c15-10-4-3-5-11(8-10)17-9-13(16)12-6-1-2-7-14-12/h1-8,13,15-16H,9H2. The number of pyridine rings is 1. The van der Waals surface area contributed by atoms with Crippen LogP contribution in [0.25, 0.3) is 0 Å². The second-order valence-corrected chi connectivity index (χ2v) is 3.58. The van der Waals surface area contributed by atoms with Gasteiger partial charge in [-0.25, -0.2) is 0 Å². The summed E-state index contributed by atoms with van der Waals surface area (Å²) in [5.74, 6) is 0.648. The molecular formula is C13H13NO3. The SMILES string of the molecule is Oc1cccc(OCC(O)c2ccccn2)c1. The molecule has 0 aliphatic heterocycles. The predicted octanol–water partition coefficient (Wildman–Crippen LogP) is 1.90. The Kier molecular flexibility index (Phi) is 3.57. The van der Waals surface area contributed by atoms with Gasteiger partial charge < -0.3 is 14.9 Å². The smallest absolute Gasteiger partial charge is 0.130 e. The molecule has 1 aromatic heterocycles. The largest absolute Gasteiger partial charge is 0.508 e. The lowest BCUT2D eigenvalue weighted by Gasteiger charge is -2.11. The van der Waals surface area contributed by atoms with Crippen molar-refractivity contribution in [2.45, 2.75) is 6.10 Å². The Morgan fingerprint density at radius 2 is 2.06 bits per heavy atom. The Morgan fingerprint density at radius 3 is 2.76 bits per heavy atom. The van der Waals surface area contributed by atoms with E-state index in [-0.39, 0.29) is 12.4 Å². The summed E-state index contributed by atoms with van der Waals surface area (Å²) < 4.78 is 5.35. The lowest BCUT2D eigenvalue weighted by molar-refractivity contribution is 0.104. The molecule has 17 heavy (non-hydrogen) atoms. The zero-order chi connectivity index (χ0) is 12.1. The van der Waals surface area contributed by atoms with Gasteiger partial charge in [0.25, 0.3) is 0 Å².